The van der Waals surface area contributed by atoms with Crippen LogP contribution in [0.1, 0.15) is 23.9 Å². The minimum absolute atomic E-state index is 0.655. The topological polar surface area (TPSA) is 62.7 Å². The van der Waals surface area contributed by atoms with Gasteiger partial charge in [-0.1, -0.05) is 6.07 Å². The van der Waals surface area contributed by atoms with Crippen LogP contribution in [-0.4, -0.2) is 21.5 Å². The van der Waals surface area contributed by atoms with Gasteiger partial charge in [-0.2, -0.15) is 4.98 Å². The first-order valence-electron chi connectivity index (χ1n) is 6.43. The molecular weight excluding hydrogens is 238 g/mol. The normalized spacial score (nSPS) is 10.3. The van der Waals surface area contributed by atoms with Crippen LogP contribution in [0.2, 0.25) is 0 Å². The number of nitrogens with zero attached hydrogens (tertiary/aromatic N) is 3. The molecule has 0 amide bonds. The molecule has 2 aromatic heterocycles. The van der Waals surface area contributed by atoms with E-state index >= 15 is 0 Å². The molecule has 0 saturated carbocycles. The van der Waals surface area contributed by atoms with Gasteiger partial charge in [0.1, 0.15) is 5.82 Å². The van der Waals surface area contributed by atoms with Crippen LogP contribution in [0, 0.1) is 13.8 Å². The van der Waals surface area contributed by atoms with Gasteiger partial charge in [-0.05, 0) is 32.4 Å². The minimum atomic E-state index is 0.655. The molecule has 0 aliphatic rings. The summed E-state index contributed by atoms with van der Waals surface area (Å²) >= 11 is 0. The van der Waals surface area contributed by atoms with E-state index in [0.29, 0.717) is 12.5 Å². The fraction of sp³-hybridized carbons (Fsp3) is 0.357. The number of hydrogen-bond donors (Lipinski definition) is 2. The van der Waals surface area contributed by atoms with Crippen molar-refractivity contribution in [2.45, 2.75) is 27.3 Å². The zero-order valence-electron chi connectivity index (χ0n) is 11.6. The van der Waals surface area contributed by atoms with E-state index in [0.717, 1.165) is 23.8 Å². The number of rotatable bonds is 5. The summed E-state index contributed by atoms with van der Waals surface area (Å²) in [5.41, 5.74) is 3.14. The van der Waals surface area contributed by atoms with Crippen molar-refractivity contribution in [1.82, 2.24) is 15.0 Å². The van der Waals surface area contributed by atoms with E-state index in [-0.39, 0.29) is 0 Å². The Morgan fingerprint density at radius 1 is 1.16 bits per heavy atom. The molecule has 0 radical (unpaired) electrons. The fourth-order valence-electron chi connectivity index (χ4n) is 1.77. The van der Waals surface area contributed by atoms with Crippen molar-refractivity contribution in [3.8, 4) is 0 Å². The molecule has 100 valence electrons. The van der Waals surface area contributed by atoms with Crippen LogP contribution in [0.3, 0.4) is 0 Å². The highest BCUT2D eigenvalue weighted by Gasteiger charge is 2.03. The maximum absolute atomic E-state index is 4.41. The third kappa shape index (κ3) is 3.64. The Balaban J connectivity index is 2.09. The van der Waals surface area contributed by atoms with Crippen molar-refractivity contribution in [2.24, 2.45) is 0 Å². The Bertz CT molecular complexity index is 553. The molecular formula is C14H19N5. The second kappa shape index (κ2) is 6.13. The van der Waals surface area contributed by atoms with Gasteiger partial charge >= 0.3 is 0 Å². The predicted molar refractivity (Wildman–Crippen MR) is 77.2 cm³/mol. The summed E-state index contributed by atoms with van der Waals surface area (Å²) in [7, 11) is 0. The average Bonchev–Trinajstić information content (AvgIpc) is 2.37. The highest BCUT2D eigenvalue weighted by molar-refractivity contribution is 5.42. The summed E-state index contributed by atoms with van der Waals surface area (Å²) in [4.78, 5) is 13.1. The van der Waals surface area contributed by atoms with Gasteiger partial charge in [-0.25, -0.2) is 4.98 Å². The van der Waals surface area contributed by atoms with E-state index < -0.39 is 0 Å². The van der Waals surface area contributed by atoms with E-state index in [1.807, 2.05) is 26.0 Å². The Kier molecular flexibility index (Phi) is 4.28. The van der Waals surface area contributed by atoms with Gasteiger partial charge < -0.3 is 10.6 Å². The van der Waals surface area contributed by atoms with Crippen LogP contribution in [0.5, 0.6) is 0 Å². The van der Waals surface area contributed by atoms with Gasteiger partial charge in [0, 0.05) is 24.5 Å². The smallest absolute Gasteiger partial charge is 0.224 e. The number of pyridine rings is 1. The van der Waals surface area contributed by atoms with Crippen molar-refractivity contribution < 1.29 is 0 Å². The average molecular weight is 257 g/mol. The van der Waals surface area contributed by atoms with E-state index in [4.69, 9.17) is 0 Å². The highest BCUT2D eigenvalue weighted by Crippen LogP contribution is 2.11. The zero-order valence-corrected chi connectivity index (χ0v) is 11.6. The fourth-order valence-corrected chi connectivity index (χ4v) is 1.77. The van der Waals surface area contributed by atoms with Crippen molar-refractivity contribution in [2.75, 3.05) is 17.2 Å². The molecule has 2 rings (SSSR count). The van der Waals surface area contributed by atoms with Crippen LogP contribution in [0.4, 0.5) is 11.8 Å². The molecule has 2 aromatic rings. The first-order chi connectivity index (χ1) is 9.19. The van der Waals surface area contributed by atoms with Crippen molar-refractivity contribution >= 4 is 11.8 Å². The summed E-state index contributed by atoms with van der Waals surface area (Å²) in [5, 5.41) is 6.41. The van der Waals surface area contributed by atoms with Gasteiger partial charge in [-0.3, -0.25) is 4.98 Å². The van der Waals surface area contributed by atoms with Crippen molar-refractivity contribution in [1.29, 1.82) is 0 Å². The molecule has 0 aromatic carbocycles. The Hall–Kier alpha value is -2.17. The quantitative estimate of drug-likeness (QED) is 0.861. The number of hydrogen-bond acceptors (Lipinski definition) is 5. The van der Waals surface area contributed by atoms with Crippen LogP contribution >= 0.6 is 0 Å². The molecule has 0 atom stereocenters. The third-order valence-electron chi connectivity index (χ3n) is 2.74. The van der Waals surface area contributed by atoms with Crippen LogP contribution in [-0.2, 0) is 6.54 Å². The summed E-state index contributed by atoms with van der Waals surface area (Å²) in [6.45, 7) is 7.51. The summed E-state index contributed by atoms with van der Waals surface area (Å²) in [5.74, 6) is 1.47. The monoisotopic (exact) mass is 257 g/mol. The molecule has 0 aliphatic heterocycles. The highest BCUT2D eigenvalue weighted by atomic mass is 15.1. The molecule has 0 saturated heterocycles. The lowest BCUT2D eigenvalue weighted by molar-refractivity contribution is 0.986. The molecule has 2 N–H and O–H groups in total. The van der Waals surface area contributed by atoms with E-state index in [2.05, 4.69) is 38.6 Å². The molecule has 5 heteroatoms. The lowest BCUT2D eigenvalue weighted by Crippen LogP contribution is -2.08. The number of aryl methyl sites for hydroxylation is 2. The maximum atomic E-state index is 4.41. The van der Waals surface area contributed by atoms with Gasteiger partial charge in [0.2, 0.25) is 5.95 Å². The lowest BCUT2D eigenvalue weighted by Gasteiger charge is -2.09. The second-order valence-electron chi connectivity index (χ2n) is 4.37. The van der Waals surface area contributed by atoms with E-state index in [1.54, 1.807) is 6.20 Å². The summed E-state index contributed by atoms with van der Waals surface area (Å²) in [6, 6.07) is 5.93. The second-order valence-corrected chi connectivity index (χ2v) is 4.37. The van der Waals surface area contributed by atoms with E-state index in [1.165, 1.54) is 5.56 Å². The predicted octanol–water partition coefficient (Wildman–Crippen LogP) is 2.53. The molecule has 0 spiro atoms. The number of anilines is 2. The largest absolute Gasteiger partial charge is 0.364 e. The minimum Gasteiger partial charge on any atom is -0.364 e. The van der Waals surface area contributed by atoms with Crippen molar-refractivity contribution in [3.63, 3.8) is 0 Å². The number of nitrogens with one attached hydrogen (secondary N) is 2. The Morgan fingerprint density at radius 2 is 2.00 bits per heavy atom. The Morgan fingerprint density at radius 3 is 2.74 bits per heavy atom. The zero-order chi connectivity index (χ0) is 13.7. The number of aromatic nitrogens is 3. The van der Waals surface area contributed by atoms with Crippen LogP contribution in [0.25, 0.3) is 0 Å². The first-order valence-corrected chi connectivity index (χ1v) is 6.43. The molecule has 0 fully saturated rings. The maximum Gasteiger partial charge on any atom is 0.224 e. The van der Waals surface area contributed by atoms with Gasteiger partial charge in [0.15, 0.2) is 0 Å². The summed E-state index contributed by atoms with van der Waals surface area (Å²) < 4.78 is 0. The van der Waals surface area contributed by atoms with Gasteiger partial charge in [0.25, 0.3) is 0 Å². The van der Waals surface area contributed by atoms with Gasteiger partial charge in [0.05, 0.1) is 12.2 Å². The van der Waals surface area contributed by atoms with Crippen LogP contribution in [0.15, 0.2) is 24.4 Å². The summed E-state index contributed by atoms with van der Waals surface area (Å²) in [6.07, 6.45) is 1.80. The molecule has 0 bridgehead atoms. The third-order valence-corrected chi connectivity index (χ3v) is 2.74. The molecule has 2 heterocycles. The first kappa shape index (κ1) is 13.3. The molecule has 0 aliphatic carbocycles. The standard InChI is InChI=1S/C14H19N5/c1-4-15-14-18-11(3)8-13(19-14)17-9-12-10(2)6-5-7-16-12/h5-8H,4,9H2,1-3H3,(H2,15,17,18,19). The van der Waals surface area contributed by atoms with E-state index in [9.17, 15) is 0 Å². The van der Waals surface area contributed by atoms with Crippen LogP contribution < -0.4 is 10.6 Å². The Labute approximate surface area is 113 Å². The lowest BCUT2D eigenvalue weighted by atomic mass is 10.2. The van der Waals surface area contributed by atoms with Crippen molar-refractivity contribution in [3.05, 3.63) is 41.3 Å². The SMILES string of the molecule is CCNc1nc(C)cc(NCc2ncccc2C)n1. The van der Waals surface area contributed by atoms with Gasteiger partial charge in [-0.15, -0.1) is 0 Å². The molecule has 5 nitrogen and oxygen atoms in total. The molecule has 0 unspecified atom stereocenters. The molecule has 19 heavy (non-hydrogen) atoms.